The Kier molecular flexibility index (Phi) is 6.47. The molecule has 2 aliphatic carbocycles. The Balaban J connectivity index is 1.22. The molecule has 4 heteroatoms. The van der Waals surface area contributed by atoms with E-state index in [9.17, 15) is 0 Å². The lowest BCUT2D eigenvalue weighted by molar-refractivity contribution is 0.693. The number of nitrogens with zero attached hydrogens (tertiary/aromatic N) is 4. The van der Waals surface area contributed by atoms with Crippen LogP contribution in [0.25, 0.3) is 68.0 Å². The zero-order chi connectivity index (χ0) is 31.2. The maximum Gasteiger partial charge on any atom is 0.164 e. The highest BCUT2D eigenvalue weighted by molar-refractivity contribution is 5.94. The number of aromatic nitrogens is 4. The van der Waals surface area contributed by atoms with Crippen molar-refractivity contribution < 1.29 is 0 Å². The van der Waals surface area contributed by atoms with E-state index in [1.807, 2.05) is 48.5 Å². The van der Waals surface area contributed by atoms with Crippen LogP contribution in [-0.2, 0) is 0 Å². The number of rotatable bonds is 5. The van der Waals surface area contributed by atoms with Crippen molar-refractivity contribution >= 4 is 17.0 Å². The molecule has 4 nitrogen and oxygen atoms in total. The molecule has 2 unspecified atom stereocenters. The van der Waals surface area contributed by atoms with Gasteiger partial charge in [-0.1, -0.05) is 140 Å². The summed E-state index contributed by atoms with van der Waals surface area (Å²) in [6.45, 7) is 0. The molecule has 0 fully saturated rings. The Labute approximate surface area is 273 Å². The minimum atomic E-state index is 0.273. The predicted octanol–water partition coefficient (Wildman–Crippen LogP) is 9.94. The Morgan fingerprint density at radius 1 is 0.553 bits per heavy atom. The number of hydrogen-bond donors (Lipinski definition) is 0. The van der Waals surface area contributed by atoms with Gasteiger partial charge < -0.3 is 4.57 Å². The van der Waals surface area contributed by atoms with Crippen molar-refractivity contribution in [2.24, 2.45) is 5.92 Å². The summed E-state index contributed by atoms with van der Waals surface area (Å²) in [6.07, 6.45) is 13.5. The fourth-order valence-electron chi connectivity index (χ4n) is 6.81. The van der Waals surface area contributed by atoms with Crippen LogP contribution in [0.1, 0.15) is 17.2 Å². The topological polar surface area (TPSA) is 43.6 Å². The first-order valence-corrected chi connectivity index (χ1v) is 15.9. The van der Waals surface area contributed by atoms with Crippen molar-refractivity contribution in [3.8, 4) is 51.0 Å². The maximum absolute atomic E-state index is 5.08. The Hall–Kier alpha value is -6.31. The molecule has 0 amide bonds. The van der Waals surface area contributed by atoms with E-state index in [4.69, 9.17) is 15.0 Å². The van der Waals surface area contributed by atoms with Crippen molar-refractivity contribution in [2.75, 3.05) is 0 Å². The summed E-state index contributed by atoms with van der Waals surface area (Å²) >= 11 is 0. The highest BCUT2D eigenvalue weighted by atomic mass is 15.0. The summed E-state index contributed by atoms with van der Waals surface area (Å²) in [5.74, 6) is 2.52. The summed E-state index contributed by atoms with van der Waals surface area (Å²) in [5, 5.41) is 1.22. The maximum atomic E-state index is 5.08. The van der Waals surface area contributed by atoms with Crippen LogP contribution in [0.2, 0.25) is 0 Å². The summed E-state index contributed by atoms with van der Waals surface area (Å²) in [5.41, 5.74) is 9.68. The van der Waals surface area contributed by atoms with Crippen LogP contribution in [0.5, 0.6) is 0 Å². The molecule has 0 aliphatic heterocycles. The van der Waals surface area contributed by atoms with Gasteiger partial charge in [0.25, 0.3) is 0 Å². The second-order valence-corrected chi connectivity index (χ2v) is 11.9. The molecule has 0 saturated carbocycles. The third-order valence-electron chi connectivity index (χ3n) is 9.08. The molecule has 0 bridgehead atoms. The second-order valence-electron chi connectivity index (χ2n) is 11.9. The minimum Gasteiger partial charge on any atom is -0.302 e. The van der Waals surface area contributed by atoms with E-state index < -0.39 is 0 Å². The van der Waals surface area contributed by atoms with E-state index >= 15 is 0 Å². The normalized spacial score (nSPS) is 16.1. The zero-order valence-corrected chi connectivity index (χ0v) is 25.5. The summed E-state index contributed by atoms with van der Waals surface area (Å²) in [7, 11) is 0. The molecule has 7 aromatic rings. The summed E-state index contributed by atoms with van der Waals surface area (Å²) in [6, 6.07) is 48.1. The van der Waals surface area contributed by atoms with E-state index in [1.54, 1.807) is 0 Å². The molecule has 0 N–H and O–H groups in total. The Bertz CT molecular complexity index is 2330. The van der Waals surface area contributed by atoms with Crippen LogP contribution in [0.3, 0.4) is 0 Å². The third-order valence-corrected chi connectivity index (χ3v) is 9.08. The molecule has 0 radical (unpaired) electrons. The van der Waals surface area contributed by atoms with E-state index in [1.165, 1.54) is 22.2 Å². The molecule has 0 saturated heterocycles. The van der Waals surface area contributed by atoms with Crippen molar-refractivity contribution in [3.05, 3.63) is 175 Å². The first-order valence-electron chi connectivity index (χ1n) is 15.9. The van der Waals surface area contributed by atoms with Gasteiger partial charge in [0.15, 0.2) is 17.5 Å². The fraction of sp³-hybridized carbons (Fsp3) is 0.0465. The van der Waals surface area contributed by atoms with Crippen LogP contribution >= 0.6 is 0 Å². The summed E-state index contributed by atoms with van der Waals surface area (Å²) in [4.78, 5) is 15.1. The lowest BCUT2D eigenvalue weighted by atomic mass is 9.78. The first kappa shape index (κ1) is 27.0. The third kappa shape index (κ3) is 4.77. The van der Waals surface area contributed by atoms with E-state index in [0.29, 0.717) is 23.4 Å². The van der Waals surface area contributed by atoms with Crippen molar-refractivity contribution in [1.29, 1.82) is 0 Å². The summed E-state index contributed by atoms with van der Waals surface area (Å²) < 4.78 is 2.30. The molecule has 47 heavy (non-hydrogen) atoms. The van der Waals surface area contributed by atoms with Gasteiger partial charge in [0.2, 0.25) is 0 Å². The largest absolute Gasteiger partial charge is 0.302 e. The van der Waals surface area contributed by atoms with Gasteiger partial charge in [-0.05, 0) is 47.0 Å². The van der Waals surface area contributed by atoms with Gasteiger partial charge >= 0.3 is 0 Å². The van der Waals surface area contributed by atoms with Crippen molar-refractivity contribution in [3.63, 3.8) is 0 Å². The van der Waals surface area contributed by atoms with Gasteiger partial charge in [0.05, 0.1) is 16.9 Å². The van der Waals surface area contributed by atoms with Gasteiger partial charge in [-0.3, -0.25) is 0 Å². The van der Waals surface area contributed by atoms with Gasteiger partial charge in [0.1, 0.15) is 0 Å². The average molecular weight is 601 g/mol. The molecular weight excluding hydrogens is 573 g/mol. The smallest absolute Gasteiger partial charge is 0.164 e. The number of hydrogen-bond acceptors (Lipinski definition) is 3. The molecule has 2 heterocycles. The number of benzene rings is 4. The van der Waals surface area contributed by atoms with Crippen molar-refractivity contribution in [2.45, 2.75) is 5.92 Å². The minimum absolute atomic E-state index is 0.273. The van der Waals surface area contributed by atoms with Crippen molar-refractivity contribution in [1.82, 2.24) is 19.5 Å². The van der Waals surface area contributed by atoms with Crippen LogP contribution in [0.4, 0.5) is 0 Å². The first-order chi connectivity index (χ1) is 23.3. The van der Waals surface area contributed by atoms with Crippen LogP contribution in [0.15, 0.2) is 152 Å². The molecule has 2 aromatic heterocycles. The van der Waals surface area contributed by atoms with Gasteiger partial charge in [-0.25, -0.2) is 15.0 Å². The molecule has 2 aliphatic rings. The molecule has 220 valence electrons. The van der Waals surface area contributed by atoms with Crippen LogP contribution in [0, 0.1) is 18.1 Å². The monoisotopic (exact) mass is 600 g/mol. The molecule has 9 rings (SSSR count). The zero-order valence-electron chi connectivity index (χ0n) is 25.5. The standard InChI is InChI=1S/C43H28N4/c1-4-12-29(13-5-1)30-20-22-33(23-21-30)42-44-41(32-15-6-2-7-16-32)45-43(46-42)34-24-26-37-39(28-34)47(35-17-8-3-9-18-35)38-27-25-31-14-10-11-19-36(31)40(37)38/h1-8,10-17,19-28,31,36H. The van der Waals surface area contributed by atoms with E-state index in [-0.39, 0.29) is 5.92 Å². The van der Waals surface area contributed by atoms with E-state index in [0.717, 1.165) is 33.5 Å². The number of allylic oxidation sites excluding steroid dienone is 5. The highest BCUT2D eigenvalue weighted by Crippen LogP contribution is 2.45. The van der Waals surface area contributed by atoms with Gasteiger partial charge in [-0.15, -0.1) is 0 Å². The number of fused-ring (bicyclic) bond motifs is 5. The lowest BCUT2D eigenvalue weighted by Crippen LogP contribution is -2.13. The van der Waals surface area contributed by atoms with Gasteiger partial charge in [-0.2, -0.15) is 0 Å². The van der Waals surface area contributed by atoms with Crippen LogP contribution in [-0.4, -0.2) is 19.5 Å². The fourth-order valence-corrected chi connectivity index (χ4v) is 6.81. The predicted molar refractivity (Wildman–Crippen MR) is 190 cm³/mol. The molecule has 5 aromatic carbocycles. The molecule has 0 spiro atoms. The lowest BCUT2D eigenvalue weighted by Gasteiger charge is -2.26. The highest BCUT2D eigenvalue weighted by Gasteiger charge is 2.30. The SMILES string of the molecule is c1cccc(-n2c3c(c4ccc(-c5nc(-c6ccccc6)nc(-c6ccc(-c7ccccc7)cc6)n5)cc42)C2C=CC=CC2C=C3)c#1. The van der Waals surface area contributed by atoms with E-state index in [2.05, 4.69) is 126 Å². The quantitative estimate of drug-likeness (QED) is 0.198. The second kappa shape index (κ2) is 11.2. The Morgan fingerprint density at radius 2 is 1.17 bits per heavy atom. The van der Waals surface area contributed by atoms with Crippen LogP contribution < -0.4 is 0 Å². The average Bonchev–Trinajstić information content (AvgIpc) is 3.50. The molecular formula is C43H28N4. The molecule has 2 atom stereocenters. The van der Waals surface area contributed by atoms with Gasteiger partial charge in [0, 0.05) is 33.9 Å². The Morgan fingerprint density at radius 3 is 1.89 bits per heavy atom.